The SMILES string of the molecule is NCc1nc(-c2ccc(SC3CC3)c(F)c2)no1. The Hall–Kier alpha value is -1.40. The van der Waals surface area contributed by atoms with Crippen LogP contribution in [0, 0.1) is 5.82 Å². The van der Waals surface area contributed by atoms with Gasteiger partial charge in [-0.1, -0.05) is 5.16 Å². The second-order valence-electron chi connectivity index (χ2n) is 4.18. The van der Waals surface area contributed by atoms with Gasteiger partial charge in [0.05, 0.1) is 6.54 Å². The minimum absolute atomic E-state index is 0.186. The molecular formula is C12H12FN3OS. The molecule has 1 saturated carbocycles. The van der Waals surface area contributed by atoms with Gasteiger partial charge in [-0.25, -0.2) is 4.39 Å². The fraction of sp³-hybridized carbons (Fsp3) is 0.333. The first-order valence-corrected chi connectivity index (χ1v) is 6.63. The molecule has 1 aliphatic rings. The molecular weight excluding hydrogens is 253 g/mol. The van der Waals surface area contributed by atoms with Gasteiger partial charge in [0.1, 0.15) is 5.82 Å². The highest BCUT2D eigenvalue weighted by molar-refractivity contribution is 8.00. The Morgan fingerprint density at radius 1 is 1.44 bits per heavy atom. The molecule has 0 radical (unpaired) electrons. The number of nitrogens with two attached hydrogens (primary N) is 1. The second-order valence-corrected chi connectivity index (χ2v) is 5.52. The maximum atomic E-state index is 13.9. The van der Waals surface area contributed by atoms with Crippen LogP contribution in [0.4, 0.5) is 4.39 Å². The van der Waals surface area contributed by atoms with Crippen LogP contribution in [0.5, 0.6) is 0 Å². The van der Waals surface area contributed by atoms with Gasteiger partial charge in [0.25, 0.3) is 0 Å². The van der Waals surface area contributed by atoms with Crippen LogP contribution in [0.2, 0.25) is 0 Å². The third-order valence-corrected chi connectivity index (χ3v) is 4.04. The van der Waals surface area contributed by atoms with Gasteiger partial charge in [-0.15, -0.1) is 11.8 Å². The van der Waals surface area contributed by atoms with E-state index in [9.17, 15) is 4.39 Å². The number of nitrogens with zero attached hydrogens (tertiary/aromatic N) is 2. The molecule has 94 valence electrons. The van der Waals surface area contributed by atoms with E-state index >= 15 is 0 Å². The minimum Gasteiger partial charge on any atom is -0.338 e. The predicted octanol–water partition coefficient (Wildman–Crippen LogP) is 2.59. The van der Waals surface area contributed by atoms with E-state index in [2.05, 4.69) is 10.1 Å². The van der Waals surface area contributed by atoms with Crippen molar-refractivity contribution in [2.45, 2.75) is 29.5 Å². The summed E-state index contributed by atoms with van der Waals surface area (Å²) in [4.78, 5) is 4.75. The molecule has 1 heterocycles. The lowest BCUT2D eigenvalue weighted by molar-refractivity contribution is 0.380. The number of halogens is 1. The topological polar surface area (TPSA) is 64.9 Å². The Bertz CT molecular complexity index is 568. The van der Waals surface area contributed by atoms with E-state index in [4.69, 9.17) is 10.3 Å². The highest BCUT2D eigenvalue weighted by Crippen LogP contribution is 2.40. The lowest BCUT2D eigenvalue weighted by Gasteiger charge is -2.02. The van der Waals surface area contributed by atoms with Crippen LogP contribution >= 0.6 is 11.8 Å². The molecule has 3 rings (SSSR count). The zero-order valence-electron chi connectivity index (χ0n) is 9.60. The smallest absolute Gasteiger partial charge is 0.240 e. The largest absolute Gasteiger partial charge is 0.338 e. The maximum Gasteiger partial charge on any atom is 0.240 e. The molecule has 0 saturated heterocycles. The Labute approximate surface area is 108 Å². The Morgan fingerprint density at radius 2 is 2.28 bits per heavy atom. The van der Waals surface area contributed by atoms with Crippen molar-refractivity contribution >= 4 is 11.8 Å². The van der Waals surface area contributed by atoms with Crippen molar-refractivity contribution in [2.24, 2.45) is 5.73 Å². The molecule has 1 fully saturated rings. The van der Waals surface area contributed by atoms with Crippen LogP contribution in [0.1, 0.15) is 18.7 Å². The van der Waals surface area contributed by atoms with Crippen LogP contribution in [-0.2, 0) is 6.54 Å². The molecule has 1 aliphatic carbocycles. The Kier molecular flexibility index (Phi) is 3.05. The quantitative estimate of drug-likeness (QED) is 0.920. The van der Waals surface area contributed by atoms with Crippen LogP contribution in [0.15, 0.2) is 27.6 Å². The summed E-state index contributed by atoms with van der Waals surface area (Å²) in [6.45, 7) is 0.186. The first kappa shape index (κ1) is 11.7. The second kappa shape index (κ2) is 4.70. The normalized spacial score (nSPS) is 15.0. The molecule has 0 aliphatic heterocycles. The first-order chi connectivity index (χ1) is 8.76. The van der Waals surface area contributed by atoms with Gasteiger partial charge in [0.15, 0.2) is 0 Å². The monoisotopic (exact) mass is 265 g/mol. The summed E-state index contributed by atoms with van der Waals surface area (Å²) < 4.78 is 18.8. The summed E-state index contributed by atoms with van der Waals surface area (Å²) in [6, 6.07) is 5.01. The Balaban J connectivity index is 1.86. The molecule has 0 bridgehead atoms. The van der Waals surface area contributed by atoms with E-state index in [1.807, 2.05) is 0 Å². The lowest BCUT2D eigenvalue weighted by Crippen LogP contribution is -1.95. The number of hydrogen-bond donors (Lipinski definition) is 1. The highest BCUT2D eigenvalue weighted by atomic mass is 32.2. The first-order valence-electron chi connectivity index (χ1n) is 5.75. The van der Waals surface area contributed by atoms with Crippen molar-refractivity contribution < 1.29 is 8.91 Å². The van der Waals surface area contributed by atoms with Gasteiger partial charge < -0.3 is 10.3 Å². The molecule has 0 unspecified atom stereocenters. The summed E-state index contributed by atoms with van der Waals surface area (Å²) in [5.74, 6) is 0.489. The fourth-order valence-electron chi connectivity index (χ4n) is 1.56. The van der Waals surface area contributed by atoms with Crippen LogP contribution in [0.25, 0.3) is 11.4 Å². The van der Waals surface area contributed by atoms with Crippen LogP contribution in [0.3, 0.4) is 0 Å². The van der Waals surface area contributed by atoms with Gasteiger partial charge in [-0.3, -0.25) is 0 Å². The van der Waals surface area contributed by atoms with Gasteiger partial charge >= 0.3 is 0 Å². The van der Waals surface area contributed by atoms with Gasteiger partial charge in [0.2, 0.25) is 11.7 Å². The van der Waals surface area contributed by atoms with Crippen molar-refractivity contribution in [1.82, 2.24) is 10.1 Å². The molecule has 18 heavy (non-hydrogen) atoms. The molecule has 1 aromatic carbocycles. The third kappa shape index (κ3) is 2.39. The van der Waals surface area contributed by atoms with E-state index in [0.29, 0.717) is 27.4 Å². The van der Waals surface area contributed by atoms with E-state index in [1.54, 1.807) is 23.9 Å². The van der Waals surface area contributed by atoms with Gasteiger partial charge in [-0.2, -0.15) is 4.98 Å². The van der Waals surface area contributed by atoms with Crippen molar-refractivity contribution in [3.8, 4) is 11.4 Å². The number of benzene rings is 1. The maximum absolute atomic E-state index is 13.9. The van der Waals surface area contributed by atoms with E-state index in [0.717, 1.165) is 0 Å². The van der Waals surface area contributed by atoms with E-state index in [1.165, 1.54) is 18.9 Å². The molecule has 0 spiro atoms. The lowest BCUT2D eigenvalue weighted by atomic mass is 10.2. The van der Waals surface area contributed by atoms with Crippen molar-refractivity contribution in [1.29, 1.82) is 0 Å². The summed E-state index contributed by atoms with van der Waals surface area (Å²) >= 11 is 1.59. The molecule has 2 aromatic rings. The van der Waals surface area contributed by atoms with Crippen molar-refractivity contribution in [3.05, 3.63) is 29.9 Å². The number of thioether (sulfide) groups is 1. The summed E-state index contributed by atoms with van der Waals surface area (Å²) in [5, 5.41) is 4.34. The summed E-state index contributed by atoms with van der Waals surface area (Å²) in [6.07, 6.45) is 2.35. The molecule has 2 N–H and O–H groups in total. The molecule has 0 atom stereocenters. The summed E-state index contributed by atoms with van der Waals surface area (Å²) in [5.41, 5.74) is 5.99. The van der Waals surface area contributed by atoms with Crippen LogP contribution in [-0.4, -0.2) is 15.4 Å². The van der Waals surface area contributed by atoms with E-state index < -0.39 is 0 Å². The summed E-state index contributed by atoms with van der Waals surface area (Å²) in [7, 11) is 0. The molecule has 0 amide bonds. The average Bonchev–Trinajstić information content (AvgIpc) is 3.06. The standard InChI is InChI=1S/C12H12FN3OS/c13-9-5-7(12-15-11(6-14)17-16-12)1-4-10(9)18-8-2-3-8/h1,4-5,8H,2-3,6,14H2. The third-order valence-electron chi connectivity index (χ3n) is 2.65. The zero-order valence-corrected chi connectivity index (χ0v) is 10.4. The van der Waals surface area contributed by atoms with Crippen molar-refractivity contribution in [3.63, 3.8) is 0 Å². The zero-order chi connectivity index (χ0) is 12.5. The number of aromatic nitrogens is 2. The van der Waals surface area contributed by atoms with Gasteiger partial charge in [-0.05, 0) is 31.0 Å². The molecule has 4 nitrogen and oxygen atoms in total. The highest BCUT2D eigenvalue weighted by Gasteiger charge is 2.24. The minimum atomic E-state index is -0.233. The average molecular weight is 265 g/mol. The van der Waals surface area contributed by atoms with E-state index in [-0.39, 0.29) is 12.4 Å². The van der Waals surface area contributed by atoms with Crippen molar-refractivity contribution in [2.75, 3.05) is 0 Å². The number of rotatable bonds is 4. The predicted molar refractivity (Wildman–Crippen MR) is 66.5 cm³/mol. The molecule has 1 aromatic heterocycles. The fourth-order valence-corrected chi connectivity index (χ4v) is 2.61. The molecule has 6 heteroatoms. The van der Waals surface area contributed by atoms with Gasteiger partial charge in [0, 0.05) is 15.7 Å². The van der Waals surface area contributed by atoms with Crippen LogP contribution < -0.4 is 5.73 Å². The Morgan fingerprint density at radius 3 is 2.89 bits per heavy atom. The number of hydrogen-bond acceptors (Lipinski definition) is 5.